The minimum atomic E-state index is 0.152. The Labute approximate surface area is 173 Å². The molecule has 0 bridgehead atoms. The van der Waals surface area contributed by atoms with Crippen LogP contribution in [0.2, 0.25) is 0 Å². The molecule has 158 valence electrons. The van der Waals surface area contributed by atoms with Crippen LogP contribution in [0.25, 0.3) is 0 Å². The summed E-state index contributed by atoms with van der Waals surface area (Å²) < 4.78 is 0. The van der Waals surface area contributed by atoms with Crippen molar-refractivity contribution in [2.45, 2.75) is 58.4 Å². The molecule has 4 rings (SSSR count). The maximum Gasteiger partial charge on any atom is 0.237 e. The van der Waals surface area contributed by atoms with Crippen LogP contribution in [-0.2, 0) is 22.6 Å². The molecule has 0 atom stereocenters. The molecule has 4 heterocycles. The van der Waals surface area contributed by atoms with Crippen molar-refractivity contribution in [1.82, 2.24) is 24.7 Å². The summed E-state index contributed by atoms with van der Waals surface area (Å²) in [5.74, 6) is 2.40. The van der Waals surface area contributed by atoms with E-state index in [9.17, 15) is 9.59 Å². The number of nitrogens with zero attached hydrogens (tertiary/aromatic N) is 5. The van der Waals surface area contributed by atoms with Crippen molar-refractivity contribution in [2.75, 3.05) is 39.3 Å². The van der Waals surface area contributed by atoms with E-state index in [1.165, 1.54) is 12.8 Å². The number of carbonyl (C=O) groups is 2. The topological polar surface area (TPSA) is 69.6 Å². The van der Waals surface area contributed by atoms with Crippen molar-refractivity contribution in [3.63, 3.8) is 0 Å². The largest absolute Gasteiger partial charge is 0.343 e. The van der Waals surface area contributed by atoms with Gasteiger partial charge in [-0.15, -0.1) is 0 Å². The van der Waals surface area contributed by atoms with E-state index in [0.29, 0.717) is 19.0 Å². The van der Waals surface area contributed by atoms with Crippen molar-refractivity contribution in [1.29, 1.82) is 0 Å². The molecule has 3 aliphatic heterocycles. The minimum Gasteiger partial charge on any atom is -0.343 e. The van der Waals surface area contributed by atoms with E-state index in [2.05, 4.69) is 16.8 Å². The Hall–Kier alpha value is -2.02. The lowest BCUT2D eigenvalue weighted by Crippen LogP contribution is -2.45. The van der Waals surface area contributed by atoms with Crippen molar-refractivity contribution < 1.29 is 9.59 Å². The third-order valence-corrected chi connectivity index (χ3v) is 6.85. The number of hydrogen-bond acceptors (Lipinski definition) is 5. The van der Waals surface area contributed by atoms with Gasteiger partial charge in [-0.25, -0.2) is 9.97 Å². The summed E-state index contributed by atoms with van der Waals surface area (Å²) >= 11 is 0. The van der Waals surface area contributed by atoms with E-state index in [4.69, 9.17) is 4.98 Å². The van der Waals surface area contributed by atoms with Gasteiger partial charge in [0.25, 0.3) is 0 Å². The van der Waals surface area contributed by atoms with Gasteiger partial charge >= 0.3 is 0 Å². The third kappa shape index (κ3) is 4.77. The molecule has 0 aromatic carbocycles. The number of fused-ring (bicyclic) bond motifs is 1. The molecule has 7 heteroatoms. The summed E-state index contributed by atoms with van der Waals surface area (Å²) in [6, 6.07) is 0. The zero-order chi connectivity index (χ0) is 20.4. The van der Waals surface area contributed by atoms with E-state index >= 15 is 0 Å². The quantitative estimate of drug-likeness (QED) is 0.775. The molecule has 0 saturated carbocycles. The Morgan fingerprint density at radius 1 is 1.03 bits per heavy atom. The van der Waals surface area contributed by atoms with Crippen molar-refractivity contribution in [3.8, 4) is 0 Å². The van der Waals surface area contributed by atoms with Crippen molar-refractivity contribution in [2.24, 2.45) is 5.92 Å². The fraction of sp³-hybridized carbons (Fsp3) is 0.727. The van der Waals surface area contributed by atoms with Gasteiger partial charge in [-0.1, -0.05) is 6.92 Å². The molecule has 3 aliphatic rings. The fourth-order valence-electron chi connectivity index (χ4n) is 4.71. The first kappa shape index (κ1) is 20.3. The molecule has 1 aromatic heterocycles. The molecule has 2 fully saturated rings. The number of piperidine rings is 2. The number of hydrogen-bond donors (Lipinski definition) is 0. The van der Waals surface area contributed by atoms with E-state index in [1.807, 2.05) is 16.0 Å². The summed E-state index contributed by atoms with van der Waals surface area (Å²) in [5, 5.41) is 0. The predicted molar refractivity (Wildman–Crippen MR) is 110 cm³/mol. The molecule has 0 unspecified atom stereocenters. The lowest BCUT2D eigenvalue weighted by atomic mass is 9.95. The van der Waals surface area contributed by atoms with Gasteiger partial charge in [0.1, 0.15) is 5.82 Å². The van der Waals surface area contributed by atoms with Gasteiger partial charge in [0, 0.05) is 57.2 Å². The fourth-order valence-corrected chi connectivity index (χ4v) is 4.71. The second-order valence-corrected chi connectivity index (χ2v) is 9.00. The van der Waals surface area contributed by atoms with Crippen LogP contribution in [0.15, 0.2) is 6.20 Å². The Morgan fingerprint density at radius 2 is 1.76 bits per heavy atom. The average molecular weight is 400 g/mol. The number of likely N-dealkylation sites (tertiary alicyclic amines) is 2. The molecule has 7 nitrogen and oxygen atoms in total. The number of amides is 2. The molecular weight excluding hydrogens is 366 g/mol. The molecule has 0 aliphatic carbocycles. The SMILES string of the molecule is CC(=O)N1CCC(c2ncc3c(n2)CCN(C(=O)CN2CCC(C)CC2)C3)CC1. The van der Waals surface area contributed by atoms with E-state index in [1.54, 1.807) is 6.92 Å². The summed E-state index contributed by atoms with van der Waals surface area (Å²) in [5.41, 5.74) is 2.18. The van der Waals surface area contributed by atoms with Crippen molar-refractivity contribution in [3.05, 3.63) is 23.3 Å². The lowest BCUT2D eigenvalue weighted by Gasteiger charge is -2.34. The van der Waals surface area contributed by atoms with E-state index in [-0.39, 0.29) is 11.8 Å². The normalized spacial score (nSPS) is 21.9. The average Bonchev–Trinajstić information content (AvgIpc) is 2.74. The standard InChI is InChI=1S/C22H33N5O2/c1-16-3-8-25(9-4-16)15-21(29)27-12-7-20-19(14-27)13-23-22(24-20)18-5-10-26(11-6-18)17(2)28/h13,16,18H,3-12,14-15H2,1-2H3. The molecule has 0 radical (unpaired) electrons. The van der Waals surface area contributed by atoms with Gasteiger partial charge in [0.2, 0.25) is 11.8 Å². The predicted octanol–water partition coefficient (Wildman–Crippen LogP) is 1.82. The Balaban J connectivity index is 1.33. The second-order valence-electron chi connectivity index (χ2n) is 9.00. The van der Waals surface area contributed by atoms with Crippen LogP contribution in [0, 0.1) is 5.92 Å². The number of rotatable bonds is 3. The Kier molecular flexibility index (Phi) is 6.13. The van der Waals surface area contributed by atoms with Gasteiger partial charge in [-0.2, -0.15) is 0 Å². The van der Waals surface area contributed by atoms with Crippen molar-refractivity contribution >= 4 is 11.8 Å². The van der Waals surface area contributed by atoms with Crippen LogP contribution >= 0.6 is 0 Å². The first-order valence-corrected chi connectivity index (χ1v) is 11.1. The summed E-state index contributed by atoms with van der Waals surface area (Å²) in [7, 11) is 0. The van der Waals surface area contributed by atoms with E-state index in [0.717, 1.165) is 75.0 Å². The Bertz CT molecular complexity index is 752. The van der Waals surface area contributed by atoms with Gasteiger partial charge in [0.05, 0.1) is 12.2 Å². The third-order valence-electron chi connectivity index (χ3n) is 6.85. The van der Waals surface area contributed by atoms with Crippen LogP contribution in [0.1, 0.15) is 62.5 Å². The van der Waals surface area contributed by atoms with E-state index < -0.39 is 0 Å². The maximum absolute atomic E-state index is 12.8. The number of aromatic nitrogens is 2. The van der Waals surface area contributed by atoms with Gasteiger partial charge < -0.3 is 9.80 Å². The molecule has 0 N–H and O–H groups in total. The molecule has 2 saturated heterocycles. The van der Waals surface area contributed by atoms with Crippen LogP contribution in [-0.4, -0.2) is 75.8 Å². The maximum atomic E-state index is 12.8. The van der Waals surface area contributed by atoms with Gasteiger partial charge in [-0.05, 0) is 44.7 Å². The zero-order valence-electron chi connectivity index (χ0n) is 17.8. The summed E-state index contributed by atoms with van der Waals surface area (Å²) in [4.78, 5) is 40.0. The highest BCUT2D eigenvalue weighted by molar-refractivity contribution is 5.78. The minimum absolute atomic E-state index is 0.152. The molecule has 29 heavy (non-hydrogen) atoms. The molecule has 2 amide bonds. The summed E-state index contributed by atoms with van der Waals surface area (Å²) in [6.45, 7) is 9.48. The molecule has 1 aromatic rings. The van der Waals surface area contributed by atoms with Crippen LogP contribution in [0.3, 0.4) is 0 Å². The lowest BCUT2D eigenvalue weighted by molar-refractivity contribution is -0.133. The highest BCUT2D eigenvalue weighted by Gasteiger charge is 2.28. The number of carbonyl (C=O) groups excluding carboxylic acids is 2. The van der Waals surface area contributed by atoms with Crippen LogP contribution in [0.5, 0.6) is 0 Å². The van der Waals surface area contributed by atoms with Gasteiger partial charge in [-0.3, -0.25) is 14.5 Å². The first-order valence-electron chi connectivity index (χ1n) is 11.1. The summed E-state index contributed by atoms with van der Waals surface area (Å²) in [6.07, 6.45) is 6.97. The second kappa shape index (κ2) is 8.78. The van der Waals surface area contributed by atoms with Crippen LogP contribution in [0.4, 0.5) is 0 Å². The Morgan fingerprint density at radius 3 is 2.45 bits per heavy atom. The van der Waals surface area contributed by atoms with Crippen LogP contribution < -0.4 is 0 Å². The molecular formula is C22H33N5O2. The zero-order valence-corrected chi connectivity index (χ0v) is 17.8. The smallest absolute Gasteiger partial charge is 0.237 e. The monoisotopic (exact) mass is 399 g/mol. The highest BCUT2D eigenvalue weighted by Crippen LogP contribution is 2.27. The first-order chi connectivity index (χ1) is 14.0. The highest BCUT2D eigenvalue weighted by atomic mass is 16.2. The van der Waals surface area contributed by atoms with Gasteiger partial charge in [0.15, 0.2) is 0 Å². The molecule has 0 spiro atoms.